The minimum absolute atomic E-state index is 0.00835. The van der Waals surface area contributed by atoms with Gasteiger partial charge in [-0.05, 0) is 57.3 Å². The van der Waals surface area contributed by atoms with E-state index in [2.05, 4.69) is 6.58 Å². The number of hydrogen-bond acceptors (Lipinski definition) is 4. The number of fused-ring (bicyclic) bond motifs is 2. The molecule has 2 aliphatic carbocycles. The van der Waals surface area contributed by atoms with Crippen LogP contribution in [0.5, 0.6) is 0 Å². The minimum Gasteiger partial charge on any atom is -0.465 e. The summed E-state index contributed by atoms with van der Waals surface area (Å²) in [5.41, 5.74) is -3.79. The van der Waals surface area contributed by atoms with E-state index in [4.69, 9.17) is 14.6 Å². The molecule has 2 saturated carbocycles. The molecule has 4 atom stereocenters. The molecular formula is C21H30F6O4. The van der Waals surface area contributed by atoms with Gasteiger partial charge in [0.1, 0.15) is 0 Å². The van der Waals surface area contributed by atoms with E-state index in [0.717, 1.165) is 24.8 Å². The Balaban J connectivity index is 1.66. The summed E-state index contributed by atoms with van der Waals surface area (Å²) in [5, 5.41) is 9.09. The third-order valence-electron chi connectivity index (χ3n) is 6.21. The molecule has 0 amide bonds. The number of alkyl halides is 6. The predicted octanol–water partition coefficient (Wildman–Crippen LogP) is 5.34. The lowest BCUT2D eigenvalue weighted by molar-refractivity contribution is -0.370. The van der Waals surface area contributed by atoms with E-state index in [-0.39, 0.29) is 36.9 Å². The molecule has 0 aromatic rings. The topological polar surface area (TPSA) is 55.8 Å². The van der Waals surface area contributed by atoms with Gasteiger partial charge < -0.3 is 14.6 Å². The fourth-order valence-corrected chi connectivity index (χ4v) is 4.56. The maximum absolute atomic E-state index is 12.6. The molecule has 0 heterocycles. The summed E-state index contributed by atoms with van der Waals surface area (Å²) in [6.45, 7) is 6.18. The number of halogens is 6. The molecule has 0 radical (unpaired) electrons. The third-order valence-corrected chi connectivity index (χ3v) is 6.21. The highest BCUT2D eigenvalue weighted by atomic mass is 19.4. The minimum atomic E-state index is -5.78. The first-order valence-electron chi connectivity index (χ1n) is 10.5. The zero-order chi connectivity index (χ0) is 23.4. The van der Waals surface area contributed by atoms with Crippen molar-refractivity contribution in [3.63, 3.8) is 0 Å². The van der Waals surface area contributed by atoms with Gasteiger partial charge in [0.2, 0.25) is 0 Å². The van der Waals surface area contributed by atoms with Gasteiger partial charge in [-0.15, -0.1) is 0 Å². The van der Waals surface area contributed by atoms with Crippen LogP contribution in [0.2, 0.25) is 0 Å². The van der Waals surface area contributed by atoms with Crippen molar-refractivity contribution >= 4 is 5.97 Å². The lowest BCUT2D eigenvalue weighted by Crippen LogP contribution is -2.56. The Hall–Kier alpha value is -1.29. The molecule has 0 spiro atoms. The molecule has 0 aliphatic heterocycles. The summed E-state index contributed by atoms with van der Waals surface area (Å²) in [5.74, 6) is -0.0139. The van der Waals surface area contributed by atoms with E-state index < -0.39 is 30.8 Å². The van der Waals surface area contributed by atoms with Crippen molar-refractivity contribution in [3.05, 3.63) is 12.2 Å². The first kappa shape index (κ1) is 26.0. The van der Waals surface area contributed by atoms with Gasteiger partial charge >= 0.3 is 18.3 Å². The van der Waals surface area contributed by atoms with Crippen molar-refractivity contribution in [1.29, 1.82) is 0 Å². The number of rotatable bonds is 11. The molecule has 0 aromatic carbocycles. The fraction of sp³-hybridized carbons (Fsp3) is 0.857. The molecule has 31 heavy (non-hydrogen) atoms. The summed E-state index contributed by atoms with van der Waals surface area (Å²) in [6, 6.07) is 0. The summed E-state index contributed by atoms with van der Waals surface area (Å²) < 4.78 is 86.8. The van der Waals surface area contributed by atoms with Gasteiger partial charge in [0, 0.05) is 0 Å². The van der Waals surface area contributed by atoms with Crippen LogP contribution < -0.4 is 0 Å². The van der Waals surface area contributed by atoms with Crippen LogP contribution in [0.3, 0.4) is 0 Å². The van der Waals surface area contributed by atoms with E-state index >= 15 is 0 Å². The molecule has 1 N–H and O–H groups in total. The Morgan fingerprint density at radius 1 is 1.00 bits per heavy atom. The van der Waals surface area contributed by atoms with Gasteiger partial charge in [-0.1, -0.05) is 25.0 Å². The van der Waals surface area contributed by atoms with Crippen LogP contribution in [-0.4, -0.2) is 48.3 Å². The smallest absolute Gasteiger partial charge is 0.426 e. The summed E-state index contributed by atoms with van der Waals surface area (Å²) in [4.78, 5) is 12.4. The van der Waals surface area contributed by atoms with Crippen molar-refractivity contribution in [2.75, 3.05) is 13.2 Å². The fourth-order valence-electron chi connectivity index (χ4n) is 4.56. The van der Waals surface area contributed by atoms with Gasteiger partial charge in [0.05, 0.1) is 25.2 Å². The van der Waals surface area contributed by atoms with Crippen LogP contribution in [-0.2, 0) is 14.3 Å². The van der Waals surface area contributed by atoms with Crippen LogP contribution >= 0.6 is 0 Å². The highest BCUT2D eigenvalue weighted by molar-refractivity contribution is 5.73. The van der Waals surface area contributed by atoms with Gasteiger partial charge in [0.15, 0.2) is 0 Å². The number of esters is 1. The van der Waals surface area contributed by atoms with Crippen LogP contribution in [0.25, 0.3) is 0 Å². The van der Waals surface area contributed by atoms with E-state index in [9.17, 15) is 31.1 Å². The largest absolute Gasteiger partial charge is 0.465 e. The number of carbonyl (C=O) groups is 1. The second-order valence-corrected chi connectivity index (χ2v) is 8.84. The zero-order valence-electron chi connectivity index (χ0n) is 17.5. The molecule has 0 aromatic heterocycles. The number of ether oxygens (including phenoxy) is 2. The standard InChI is InChI=1S/C21H30F6O4/c1-13(2)12-31-17-11-14-9-15(17)16(10-14)18(28)30-8-6-4-3-5-7-19(29,20(22,23)24)21(25,26)27/h14-17,29H,1,3-12H2,2H3. The maximum Gasteiger partial charge on any atom is 0.426 e. The number of carbonyl (C=O) groups excluding carboxylic acids is 1. The summed E-state index contributed by atoms with van der Waals surface area (Å²) >= 11 is 0. The average Bonchev–Trinajstić information content (AvgIpc) is 3.23. The number of hydrogen-bond donors (Lipinski definition) is 1. The normalized spacial score (nSPS) is 26.3. The average molecular weight is 460 g/mol. The quantitative estimate of drug-likeness (QED) is 0.196. The Kier molecular flexibility index (Phi) is 8.46. The molecule has 2 rings (SSSR count). The van der Waals surface area contributed by atoms with Crippen molar-refractivity contribution in [2.24, 2.45) is 17.8 Å². The summed E-state index contributed by atoms with van der Waals surface area (Å²) in [6.07, 6.45) is -10.2. The Bertz CT molecular complexity index is 616. The molecule has 2 fully saturated rings. The van der Waals surface area contributed by atoms with E-state index in [1.54, 1.807) is 0 Å². The van der Waals surface area contributed by atoms with Crippen LogP contribution in [0, 0.1) is 17.8 Å². The SMILES string of the molecule is C=C(C)COC1CC2CC(C(=O)OCCCCCCC(O)(C(F)(F)F)C(F)(F)F)C1C2. The molecular weight excluding hydrogens is 430 g/mol. The second kappa shape index (κ2) is 10.1. The molecule has 4 nitrogen and oxygen atoms in total. The molecule has 0 saturated heterocycles. The Morgan fingerprint density at radius 2 is 1.61 bits per heavy atom. The zero-order valence-corrected chi connectivity index (χ0v) is 17.5. The van der Waals surface area contributed by atoms with Crippen LogP contribution in [0.15, 0.2) is 12.2 Å². The molecule has 10 heteroatoms. The van der Waals surface area contributed by atoms with Crippen LogP contribution in [0.4, 0.5) is 26.3 Å². The lowest BCUT2D eigenvalue weighted by Gasteiger charge is -2.32. The van der Waals surface area contributed by atoms with Crippen LogP contribution in [0.1, 0.15) is 58.3 Å². The monoisotopic (exact) mass is 460 g/mol. The van der Waals surface area contributed by atoms with Crippen molar-refractivity contribution < 1.29 is 45.7 Å². The number of aliphatic hydroxyl groups is 1. The third kappa shape index (κ3) is 6.37. The van der Waals surface area contributed by atoms with Crippen molar-refractivity contribution in [3.8, 4) is 0 Å². The highest BCUT2D eigenvalue weighted by Crippen LogP contribution is 2.50. The van der Waals surface area contributed by atoms with E-state index in [1.165, 1.54) is 0 Å². The van der Waals surface area contributed by atoms with E-state index in [0.29, 0.717) is 25.4 Å². The second-order valence-electron chi connectivity index (χ2n) is 8.84. The molecule has 180 valence electrons. The molecule has 2 aliphatic rings. The van der Waals surface area contributed by atoms with Gasteiger partial charge in [-0.2, -0.15) is 26.3 Å². The highest BCUT2D eigenvalue weighted by Gasteiger charge is 2.69. The first-order valence-corrected chi connectivity index (χ1v) is 10.5. The van der Waals surface area contributed by atoms with Crippen molar-refractivity contribution in [2.45, 2.75) is 82.3 Å². The Labute approximate surface area is 178 Å². The predicted molar refractivity (Wildman–Crippen MR) is 100.0 cm³/mol. The first-order chi connectivity index (χ1) is 14.3. The Morgan fingerprint density at radius 3 is 2.16 bits per heavy atom. The molecule has 2 bridgehead atoms. The summed E-state index contributed by atoms with van der Waals surface area (Å²) in [7, 11) is 0. The van der Waals surface area contributed by atoms with Crippen molar-refractivity contribution in [1.82, 2.24) is 0 Å². The number of unbranched alkanes of at least 4 members (excludes halogenated alkanes) is 3. The maximum atomic E-state index is 12.6. The molecule has 4 unspecified atom stereocenters. The van der Waals surface area contributed by atoms with Gasteiger partial charge in [-0.25, -0.2) is 0 Å². The van der Waals surface area contributed by atoms with Gasteiger partial charge in [0.25, 0.3) is 5.60 Å². The lowest BCUT2D eigenvalue weighted by atomic mass is 9.86. The van der Waals surface area contributed by atoms with Gasteiger partial charge in [-0.3, -0.25) is 4.79 Å². The van der Waals surface area contributed by atoms with E-state index in [1.807, 2.05) is 6.92 Å².